The molecule has 5 heteroatoms. The van der Waals surface area contributed by atoms with Crippen LogP contribution in [0.5, 0.6) is 5.75 Å². The SMILES string of the molecule is CCNC(c1cc(Cl)ccc1C)c1c(OC)cnn1CC. The van der Waals surface area contributed by atoms with Crippen LogP contribution in [-0.2, 0) is 6.54 Å². The van der Waals surface area contributed by atoms with Crippen molar-refractivity contribution >= 4 is 11.6 Å². The number of aryl methyl sites for hydroxylation is 2. The van der Waals surface area contributed by atoms with Crippen LogP contribution in [0.1, 0.15) is 36.7 Å². The van der Waals surface area contributed by atoms with Crippen LogP contribution in [0.2, 0.25) is 5.02 Å². The van der Waals surface area contributed by atoms with E-state index in [1.54, 1.807) is 13.3 Å². The molecule has 0 amide bonds. The number of ether oxygens (including phenoxy) is 1. The number of hydrogen-bond acceptors (Lipinski definition) is 3. The lowest BCUT2D eigenvalue weighted by Crippen LogP contribution is -2.26. The number of aromatic nitrogens is 2. The summed E-state index contributed by atoms with van der Waals surface area (Å²) in [4.78, 5) is 0. The topological polar surface area (TPSA) is 39.1 Å². The Morgan fingerprint density at radius 1 is 1.38 bits per heavy atom. The first-order valence-corrected chi connectivity index (χ1v) is 7.59. The van der Waals surface area contributed by atoms with Gasteiger partial charge in [-0.25, -0.2) is 0 Å². The van der Waals surface area contributed by atoms with Gasteiger partial charge < -0.3 is 10.1 Å². The fourth-order valence-electron chi connectivity index (χ4n) is 2.56. The largest absolute Gasteiger partial charge is 0.493 e. The standard InChI is InChI=1S/C16H22ClN3O/c1-5-18-15(13-9-12(17)8-7-11(13)3)16-14(21-4)10-19-20(16)6-2/h7-10,15,18H,5-6H2,1-4H3. The molecule has 1 aromatic carbocycles. The highest BCUT2D eigenvalue weighted by molar-refractivity contribution is 6.30. The predicted octanol–water partition coefficient (Wildman–Crippen LogP) is 3.57. The first-order chi connectivity index (χ1) is 10.1. The molecule has 0 aliphatic carbocycles. The van der Waals surface area contributed by atoms with Crippen LogP contribution >= 0.6 is 11.6 Å². The van der Waals surface area contributed by atoms with Gasteiger partial charge in [0.2, 0.25) is 0 Å². The number of halogens is 1. The lowest BCUT2D eigenvalue weighted by molar-refractivity contribution is 0.399. The maximum absolute atomic E-state index is 6.19. The van der Waals surface area contributed by atoms with Crippen molar-refractivity contribution in [2.45, 2.75) is 33.4 Å². The third-order valence-corrected chi connectivity index (χ3v) is 3.83. The minimum absolute atomic E-state index is 0.00565. The zero-order chi connectivity index (χ0) is 15.4. The molecule has 0 bridgehead atoms. The average Bonchev–Trinajstić information content (AvgIpc) is 2.90. The summed E-state index contributed by atoms with van der Waals surface area (Å²) in [6.07, 6.45) is 1.77. The summed E-state index contributed by atoms with van der Waals surface area (Å²) in [5.74, 6) is 0.794. The van der Waals surface area contributed by atoms with Gasteiger partial charge in [-0.3, -0.25) is 4.68 Å². The molecule has 114 valence electrons. The molecule has 1 aromatic heterocycles. The summed E-state index contributed by atoms with van der Waals surface area (Å²) >= 11 is 6.19. The second-order valence-corrected chi connectivity index (χ2v) is 5.34. The monoisotopic (exact) mass is 307 g/mol. The molecule has 0 radical (unpaired) electrons. The van der Waals surface area contributed by atoms with Crippen molar-refractivity contribution in [1.29, 1.82) is 0 Å². The molecular weight excluding hydrogens is 286 g/mol. The Balaban J connectivity index is 2.58. The Morgan fingerprint density at radius 3 is 2.76 bits per heavy atom. The number of rotatable bonds is 6. The second-order valence-electron chi connectivity index (χ2n) is 4.91. The van der Waals surface area contributed by atoms with Crippen molar-refractivity contribution in [3.63, 3.8) is 0 Å². The van der Waals surface area contributed by atoms with Crippen molar-refractivity contribution in [2.75, 3.05) is 13.7 Å². The molecule has 0 spiro atoms. The lowest BCUT2D eigenvalue weighted by atomic mass is 9.98. The van der Waals surface area contributed by atoms with Crippen molar-refractivity contribution in [3.8, 4) is 5.75 Å². The van der Waals surface area contributed by atoms with E-state index in [2.05, 4.69) is 31.2 Å². The highest BCUT2D eigenvalue weighted by Crippen LogP contribution is 2.32. The summed E-state index contributed by atoms with van der Waals surface area (Å²) < 4.78 is 7.46. The fourth-order valence-corrected chi connectivity index (χ4v) is 2.74. The second kappa shape index (κ2) is 6.96. The normalized spacial score (nSPS) is 12.4. The van der Waals surface area contributed by atoms with E-state index < -0.39 is 0 Å². The van der Waals surface area contributed by atoms with Crippen LogP contribution < -0.4 is 10.1 Å². The van der Waals surface area contributed by atoms with E-state index in [9.17, 15) is 0 Å². The summed E-state index contributed by atoms with van der Waals surface area (Å²) in [5.41, 5.74) is 3.38. The van der Waals surface area contributed by atoms with Gasteiger partial charge in [-0.15, -0.1) is 0 Å². The van der Waals surface area contributed by atoms with Crippen LogP contribution in [0.25, 0.3) is 0 Å². The molecule has 0 saturated heterocycles. The van der Waals surface area contributed by atoms with Gasteiger partial charge >= 0.3 is 0 Å². The first kappa shape index (κ1) is 15.9. The van der Waals surface area contributed by atoms with Crippen molar-refractivity contribution in [3.05, 3.63) is 46.2 Å². The summed E-state index contributed by atoms with van der Waals surface area (Å²) in [6.45, 7) is 7.89. The zero-order valence-electron chi connectivity index (χ0n) is 13.0. The third-order valence-electron chi connectivity index (χ3n) is 3.60. The smallest absolute Gasteiger partial charge is 0.161 e. The number of benzene rings is 1. The van der Waals surface area contributed by atoms with Gasteiger partial charge in [-0.1, -0.05) is 24.6 Å². The lowest BCUT2D eigenvalue weighted by Gasteiger charge is -2.22. The molecule has 0 saturated carbocycles. The van der Waals surface area contributed by atoms with Gasteiger partial charge in [-0.05, 0) is 43.7 Å². The number of methoxy groups -OCH3 is 1. The molecule has 4 nitrogen and oxygen atoms in total. The number of nitrogens with one attached hydrogen (secondary N) is 1. The molecule has 1 heterocycles. The van der Waals surface area contributed by atoms with E-state index in [1.165, 1.54) is 5.56 Å². The molecule has 0 fully saturated rings. The Hall–Kier alpha value is -1.52. The molecule has 0 aliphatic heterocycles. The highest BCUT2D eigenvalue weighted by atomic mass is 35.5. The summed E-state index contributed by atoms with van der Waals surface area (Å²) in [5, 5.41) is 8.66. The van der Waals surface area contributed by atoms with E-state index in [4.69, 9.17) is 16.3 Å². The summed E-state index contributed by atoms with van der Waals surface area (Å²) in [7, 11) is 1.67. The molecule has 21 heavy (non-hydrogen) atoms. The molecule has 2 rings (SSSR count). The molecular formula is C16H22ClN3O. The zero-order valence-corrected chi connectivity index (χ0v) is 13.7. The average molecular weight is 308 g/mol. The van der Waals surface area contributed by atoms with E-state index in [-0.39, 0.29) is 6.04 Å². The molecule has 1 unspecified atom stereocenters. The maximum atomic E-state index is 6.19. The molecule has 1 atom stereocenters. The minimum Gasteiger partial charge on any atom is -0.493 e. The van der Waals surface area contributed by atoms with Gasteiger partial charge in [-0.2, -0.15) is 5.10 Å². The number of nitrogens with zero attached hydrogens (tertiary/aromatic N) is 2. The van der Waals surface area contributed by atoms with Crippen LogP contribution in [0, 0.1) is 6.92 Å². The molecule has 0 aliphatic rings. The van der Waals surface area contributed by atoms with Gasteiger partial charge in [0.25, 0.3) is 0 Å². The van der Waals surface area contributed by atoms with Gasteiger partial charge in [0.05, 0.1) is 19.3 Å². The number of hydrogen-bond donors (Lipinski definition) is 1. The Kier molecular flexibility index (Phi) is 5.26. The fraction of sp³-hybridized carbons (Fsp3) is 0.438. The Labute approximate surface area is 131 Å². The van der Waals surface area contributed by atoms with Crippen molar-refractivity contribution in [2.24, 2.45) is 0 Å². The van der Waals surface area contributed by atoms with Crippen LogP contribution in [0.3, 0.4) is 0 Å². The molecule has 2 aromatic rings. The highest BCUT2D eigenvalue weighted by Gasteiger charge is 2.24. The van der Waals surface area contributed by atoms with Crippen molar-refractivity contribution < 1.29 is 4.74 Å². The minimum atomic E-state index is 0.00565. The maximum Gasteiger partial charge on any atom is 0.161 e. The van der Waals surface area contributed by atoms with E-state index in [0.717, 1.165) is 35.1 Å². The Bertz CT molecular complexity index is 588. The summed E-state index contributed by atoms with van der Waals surface area (Å²) in [6, 6.07) is 5.97. The van der Waals surface area contributed by atoms with E-state index >= 15 is 0 Å². The van der Waals surface area contributed by atoms with Crippen LogP contribution in [0.15, 0.2) is 24.4 Å². The van der Waals surface area contributed by atoms with Crippen molar-refractivity contribution in [1.82, 2.24) is 15.1 Å². The third kappa shape index (κ3) is 3.22. The van der Waals surface area contributed by atoms with Crippen LogP contribution in [0.4, 0.5) is 0 Å². The van der Waals surface area contributed by atoms with Gasteiger partial charge in [0, 0.05) is 11.6 Å². The Morgan fingerprint density at radius 2 is 2.14 bits per heavy atom. The first-order valence-electron chi connectivity index (χ1n) is 7.21. The van der Waals surface area contributed by atoms with Gasteiger partial charge in [0.15, 0.2) is 5.75 Å². The molecule has 1 N–H and O–H groups in total. The van der Waals surface area contributed by atoms with Gasteiger partial charge in [0.1, 0.15) is 5.69 Å². The quantitative estimate of drug-likeness (QED) is 0.886. The van der Waals surface area contributed by atoms with E-state index in [0.29, 0.717) is 0 Å². The van der Waals surface area contributed by atoms with Crippen LogP contribution in [-0.4, -0.2) is 23.4 Å². The van der Waals surface area contributed by atoms with E-state index in [1.807, 2.05) is 22.9 Å². The predicted molar refractivity (Wildman–Crippen MR) is 86.2 cm³/mol.